The fourth-order valence-corrected chi connectivity index (χ4v) is 3.85. The Morgan fingerprint density at radius 1 is 1.24 bits per heavy atom. The summed E-state index contributed by atoms with van der Waals surface area (Å²) >= 11 is 0. The van der Waals surface area contributed by atoms with E-state index in [4.69, 9.17) is 0 Å². The van der Waals surface area contributed by atoms with Crippen LogP contribution >= 0.6 is 0 Å². The number of aromatic nitrogens is 2. The van der Waals surface area contributed by atoms with Crippen LogP contribution in [-0.4, -0.2) is 44.6 Å². The number of amides is 2. The Labute approximate surface area is 167 Å². The van der Waals surface area contributed by atoms with E-state index in [0.717, 1.165) is 5.01 Å². The first kappa shape index (κ1) is 19.3. The first-order chi connectivity index (χ1) is 14.0. The molecule has 1 aliphatic carbocycles. The molecular formula is C20H22FN5O3. The van der Waals surface area contributed by atoms with Gasteiger partial charge in [-0.1, -0.05) is 0 Å². The van der Waals surface area contributed by atoms with Crippen LogP contribution in [0.25, 0.3) is 0 Å². The summed E-state index contributed by atoms with van der Waals surface area (Å²) in [6.07, 6.45) is 4.52. The molecule has 29 heavy (non-hydrogen) atoms. The highest BCUT2D eigenvalue weighted by Crippen LogP contribution is 2.28. The lowest BCUT2D eigenvalue weighted by Gasteiger charge is -2.24. The van der Waals surface area contributed by atoms with E-state index in [-0.39, 0.29) is 36.4 Å². The molecule has 2 amide bonds. The largest absolute Gasteiger partial charge is 0.391 e. The SMILES string of the molecule is O=C(N[C@@H]1CC(Cn2cccn2)C[C@H]1O)C1=NN(c2ccc(F)cc2)C(=O)CC1. The average molecular weight is 399 g/mol. The van der Waals surface area contributed by atoms with E-state index < -0.39 is 17.8 Å². The second-order valence-corrected chi connectivity index (χ2v) is 7.44. The van der Waals surface area contributed by atoms with E-state index in [9.17, 15) is 19.1 Å². The predicted octanol–water partition coefficient (Wildman–Crippen LogP) is 1.46. The number of aliphatic hydroxyl groups excluding tert-OH is 1. The molecule has 0 spiro atoms. The lowest BCUT2D eigenvalue weighted by atomic mass is 10.1. The molecule has 1 fully saturated rings. The minimum absolute atomic E-state index is 0.138. The molecule has 1 aromatic heterocycles. The molecule has 0 bridgehead atoms. The number of nitrogens with one attached hydrogen (secondary N) is 1. The summed E-state index contributed by atoms with van der Waals surface area (Å²) in [5, 5.41) is 22.7. The van der Waals surface area contributed by atoms with Crippen molar-refractivity contribution in [3.05, 3.63) is 48.5 Å². The Balaban J connectivity index is 1.41. The van der Waals surface area contributed by atoms with Gasteiger partial charge in [-0.25, -0.2) is 9.40 Å². The van der Waals surface area contributed by atoms with Crippen molar-refractivity contribution in [3.63, 3.8) is 0 Å². The third kappa shape index (κ3) is 4.34. The van der Waals surface area contributed by atoms with Gasteiger partial charge in [0.25, 0.3) is 5.91 Å². The van der Waals surface area contributed by atoms with Gasteiger partial charge in [-0.05, 0) is 49.1 Å². The van der Waals surface area contributed by atoms with Gasteiger partial charge in [0, 0.05) is 31.8 Å². The van der Waals surface area contributed by atoms with Gasteiger partial charge >= 0.3 is 0 Å². The van der Waals surface area contributed by atoms with Gasteiger partial charge in [0.05, 0.1) is 17.8 Å². The number of rotatable bonds is 5. The number of halogens is 1. The first-order valence-corrected chi connectivity index (χ1v) is 9.62. The molecule has 2 heterocycles. The summed E-state index contributed by atoms with van der Waals surface area (Å²) in [4.78, 5) is 24.9. The Morgan fingerprint density at radius 2 is 2.03 bits per heavy atom. The Bertz CT molecular complexity index is 913. The minimum Gasteiger partial charge on any atom is -0.391 e. The van der Waals surface area contributed by atoms with E-state index in [1.54, 1.807) is 6.20 Å². The van der Waals surface area contributed by atoms with Crippen LogP contribution in [0.2, 0.25) is 0 Å². The fourth-order valence-electron chi connectivity index (χ4n) is 3.85. The van der Waals surface area contributed by atoms with Gasteiger partial charge in [0.1, 0.15) is 11.5 Å². The van der Waals surface area contributed by atoms with Crippen molar-refractivity contribution in [2.45, 2.75) is 44.4 Å². The molecule has 0 saturated heterocycles. The molecule has 2 N–H and O–H groups in total. The smallest absolute Gasteiger partial charge is 0.267 e. The van der Waals surface area contributed by atoms with Crippen molar-refractivity contribution in [1.82, 2.24) is 15.1 Å². The number of nitrogens with zero attached hydrogens (tertiary/aromatic N) is 4. The molecule has 1 aromatic carbocycles. The topological polar surface area (TPSA) is 99.8 Å². The molecule has 1 unspecified atom stereocenters. The Kier molecular flexibility index (Phi) is 5.39. The highest BCUT2D eigenvalue weighted by atomic mass is 19.1. The van der Waals surface area contributed by atoms with E-state index >= 15 is 0 Å². The van der Waals surface area contributed by atoms with Crippen molar-refractivity contribution in [2.75, 3.05) is 5.01 Å². The van der Waals surface area contributed by atoms with Gasteiger partial charge in [-0.15, -0.1) is 0 Å². The van der Waals surface area contributed by atoms with Crippen LogP contribution in [0.15, 0.2) is 47.8 Å². The number of carbonyl (C=O) groups is 2. The molecular weight excluding hydrogens is 377 g/mol. The van der Waals surface area contributed by atoms with Crippen LogP contribution < -0.4 is 10.3 Å². The van der Waals surface area contributed by atoms with Gasteiger partial charge < -0.3 is 10.4 Å². The maximum Gasteiger partial charge on any atom is 0.267 e. The van der Waals surface area contributed by atoms with Crippen LogP contribution in [0.4, 0.5) is 10.1 Å². The molecule has 2 aliphatic rings. The summed E-state index contributed by atoms with van der Waals surface area (Å²) in [6, 6.07) is 6.83. The lowest BCUT2D eigenvalue weighted by Crippen LogP contribution is -2.45. The highest BCUT2D eigenvalue weighted by molar-refractivity contribution is 6.40. The number of aliphatic hydroxyl groups is 1. The van der Waals surface area contributed by atoms with Gasteiger partial charge in [-0.3, -0.25) is 14.3 Å². The minimum atomic E-state index is -0.640. The maximum atomic E-state index is 13.1. The number of carbonyl (C=O) groups excluding carboxylic acids is 2. The van der Waals surface area contributed by atoms with Gasteiger partial charge in [0.15, 0.2) is 0 Å². The van der Waals surface area contributed by atoms with E-state index in [0.29, 0.717) is 25.1 Å². The molecule has 0 radical (unpaired) electrons. The summed E-state index contributed by atoms with van der Waals surface area (Å²) in [5.74, 6) is -0.859. The fraction of sp³-hybridized carbons (Fsp3) is 0.400. The quantitative estimate of drug-likeness (QED) is 0.795. The standard InChI is InChI=1S/C20H22FN5O3/c21-14-2-4-15(5-3-14)26-19(28)7-6-16(24-26)20(29)23-17-10-13(11-18(17)27)12-25-9-1-8-22-25/h1-5,8-9,13,17-18,27H,6-7,10-12H2,(H,23,29)/t13?,17-,18-/m1/s1. The molecule has 9 heteroatoms. The zero-order valence-corrected chi connectivity index (χ0v) is 15.7. The number of hydrogen-bond acceptors (Lipinski definition) is 5. The summed E-state index contributed by atoms with van der Waals surface area (Å²) in [6.45, 7) is 0.685. The molecule has 8 nitrogen and oxygen atoms in total. The number of benzene rings is 1. The third-order valence-corrected chi connectivity index (χ3v) is 5.31. The summed E-state index contributed by atoms with van der Waals surface area (Å²) in [7, 11) is 0. The Morgan fingerprint density at radius 3 is 2.76 bits per heavy atom. The molecule has 2 aromatic rings. The summed E-state index contributed by atoms with van der Waals surface area (Å²) < 4.78 is 15.0. The number of hydrogen-bond donors (Lipinski definition) is 2. The highest BCUT2D eigenvalue weighted by Gasteiger charge is 2.35. The normalized spacial score (nSPS) is 24.5. The van der Waals surface area contributed by atoms with E-state index in [1.807, 2.05) is 16.9 Å². The van der Waals surface area contributed by atoms with E-state index in [2.05, 4.69) is 15.5 Å². The van der Waals surface area contributed by atoms with Crippen LogP contribution in [0.1, 0.15) is 25.7 Å². The monoisotopic (exact) mass is 399 g/mol. The molecule has 3 atom stereocenters. The molecule has 1 saturated carbocycles. The summed E-state index contributed by atoms with van der Waals surface area (Å²) in [5.41, 5.74) is 0.623. The average Bonchev–Trinajstić information content (AvgIpc) is 3.33. The van der Waals surface area contributed by atoms with Crippen molar-refractivity contribution in [2.24, 2.45) is 11.0 Å². The van der Waals surface area contributed by atoms with Crippen LogP contribution in [0.5, 0.6) is 0 Å². The zero-order chi connectivity index (χ0) is 20.4. The third-order valence-electron chi connectivity index (χ3n) is 5.31. The van der Waals surface area contributed by atoms with E-state index in [1.165, 1.54) is 24.3 Å². The molecule has 152 valence electrons. The van der Waals surface area contributed by atoms with Crippen molar-refractivity contribution < 1.29 is 19.1 Å². The van der Waals surface area contributed by atoms with Gasteiger partial charge in [-0.2, -0.15) is 10.2 Å². The number of anilines is 1. The lowest BCUT2D eigenvalue weighted by molar-refractivity contribution is -0.119. The van der Waals surface area contributed by atoms with Crippen molar-refractivity contribution in [3.8, 4) is 0 Å². The number of hydrazone groups is 1. The second kappa shape index (κ2) is 8.12. The van der Waals surface area contributed by atoms with Crippen LogP contribution in [0.3, 0.4) is 0 Å². The van der Waals surface area contributed by atoms with Crippen molar-refractivity contribution >= 4 is 23.2 Å². The Hall–Kier alpha value is -3.07. The molecule has 1 aliphatic heterocycles. The molecule has 4 rings (SSSR count). The van der Waals surface area contributed by atoms with Crippen LogP contribution in [-0.2, 0) is 16.1 Å². The van der Waals surface area contributed by atoms with Gasteiger partial charge in [0.2, 0.25) is 5.91 Å². The van der Waals surface area contributed by atoms with Crippen LogP contribution in [0, 0.1) is 11.7 Å². The van der Waals surface area contributed by atoms with Crippen molar-refractivity contribution in [1.29, 1.82) is 0 Å². The second-order valence-electron chi connectivity index (χ2n) is 7.44. The zero-order valence-electron chi connectivity index (χ0n) is 15.7. The first-order valence-electron chi connectivity index (χ1n) is 9.62. The predicted molar refractivity (Wildman–Crippen MR) is 103 cm³/mol. The maximum absolute atomic E-state index is 13.1.